The van der Waals surface area contributed by atoms with E-state index in [4.69, 9.17) is 4.42 Å². The first kappa shape index (κ1) is 22.0. The van der Waals surface area contributed by atoms with E-state index >= 15 is 0 Å². The predicted molar refractivity (Wildman–Crippen MR) is 126 cm³/mol. The van der Waals surface area contributed by atoms with Crippen molar-refractivity contribution in [1.29, 1.82) is 10.5 Å². The summed E-state index contributed by atoms with van der Waals surface area (Å²) in [5, 5.41) is 30.1. The van der Waals surface area contributed by atoms with Crippen molar-refractivity contribution in [1.82, 2.24) is 4.57 Å². The van der Waals surface area contributed by atoms with Crippen molar-refractivity contribution in [3.63, 3.8) is 0 Å². The smallest absolute Gasteiger partial charge is 0.281 e. The lowest BCUT2D eigenvalue weighted by atomic mass is 10.1. The first-order chi connectivity index (χ1) is 15.9. The molecular weight excluding hydrogens is 508 g/mol. The third-order valence-corrected chi connectivity index (χ3v) is 6.18. The molecule has 0 saturated carbocycles. The molecule has 0 saturated heterocycles. The van der Waals surface area contributed by atoms with Gasteiger partial charge < -0.3 is 4.42 Å². The Balaban J connectivity index is 1.90. The zero-order valence-corrected chi connectivity index (χ0v) is 19.0. The van der Waals surface area contributed by atoms with Gasteiger partial charge in [0.15, 0.2) is 5.57 Å². The standard InChI is InChI=1S/C23H11BrN4O4S/c24-15-6-8-18(19(10-15)28(30)31)20-9-7-17(32-20)11-21-22(29)27(16-4-2-1-3-5-16)23(33-21)14(12-25)13-26/h1-11H. The second-order valence-corrected chi connectivity index (χ2v) is 8.56. The van der Waals surface area contributed by atoms with Crippen LogP contribution < -0.4 is 14.8 Å². The fourth-order valence-corrected chi connectivity index (χ4v) is 4.53. The zero-order chi connectivity index (χ0) is 23.5. The fourth-order valence-electron chi connectivity index (χ4n) is 3.15. The number of nitrogens with zero attached hydrogens (tertiary/aromatic N) is 4. The number of halogens is 1. The van der Waals surface area contributed by atoms with Crippen LogP contribution in [0.3, 0.4) is 0 Å². The molecule has 8 nitrogen and oxygen atoms in total. The monoisotopic (exact) mass is 518 g/mol. The third-order valence-electron chi connectivity index (χ3n) is 4.60. The summed E-state index contributed by atoms with van der Waals surface area (Å²) in [6.07, 6.45) is 1.48. The Morgan fingerprint density at radius 1 is 1.12 bits per heavy atom. The Kier molecular flexibility index (Phi) is 6.05. The minimum absolute atomic E-state index is 0.127. The molecule has 0 radical (unpaired) electrons. The summed E-state index contributed by atoms with van der Waals surface area (Å²) >= 11 is 4.21. The number of benzene rings is 2. The Labute approximate surface area is 198 Å². The number of para-hydroxylation sites is 1. The minimum Gasteiger partial charge on any atom is -0.456 e. The summed E-state index contributed by atoms with van der Waals surface area (Å²) in [6, 6.07) is 20.1. The highest BCUT2D eigenvalue weighted by Crippen LogP contribution is 2.33. The van der Waals surface area contributed by atoms with Crippen molar-refractivity contribution in [3.05, 3.63) is 101 Å². The molecule has 0 aliphatic rings. The van der Waals surface area contributed by atoms with Crippen molar-refractivity contribution in [2.45, 2.75) is 0 Å². The molecule has 0 aliphatic heterocycles. The normalized spacial score (nSPS) is 11.1. The topological polar surface area (TPSA) is 126 Å². The Morgan fingerprint density at radius 3 is 2.52 bits per heavy atom. The van der Waals surface area contributed by atoms with Crippen LogP contribution >= 0.6 is 27.3 Å². The van der Waals surface area contributed by atoms with Gasteiger partial charge in [-0.25, -0.2) is 0 Å². The van der Waals surface area contributed by atoms with Crippen LogP contribution in [0.4, 0.5) is 5.69 Å². The average Bonchev–Trinajstić information content (AvgIpc) is 3.40. The zero-order valence-electron chi connectivity index (χ0n) is 16.6. The molecule has 0 spiro atoms. The minimum atomic E-state index is -0.503. The highest BCUT2D eigenvalue weighted by atomic mass is 79.9. The Bertz CT molecular complexity index is 1640. The van der Waals surface area contributed by atoms with Gasteiger partial charge in [-0.15, -0.1) is 11.3 Å². The molecule has 4 aromatic rings. The molecule has 0 atom stereocenters. The molecule has 2 aromatic heterocycles. The number of nitro benzene ring substituents is 1. The van der Waals surface area contributed by atoms with E-state index in [9.17, 15) is 25.4 Å². The summed E-state index contributed by atoms with van der Waals surface area (Å²) < 4.78 is 8.09. The average molecular weight is 519 g/mol. The maximum absolute atomic E-state index is 13.2. The van der Waals surface area contributed by atoms with Crippen LogP contribution in [0.25, 0.3) is 28.7 Å². The number of aromatic nitrogens is 1. The molecule has 10 heteroatoms. The van der Waals surface area contributed by atoms with E-state index in [1.54, 1.807) is 54.6 Å². The van der Waals surface area contributed by atoms with Crippen LogP contribution in [0, 0.1) is 32.8 Å². The number of thiazole rings is 1. The molecule has 160 valence electrons. The highest BCUT2D eigenvalue weighted by molar-refractivity contribution is 9.10. The number of hydrogen-bond acceptors (Lipinski definition) is 7. The van der Waals surface area contributed by atoms with E-state index in [0.29, 0.717) is 21.5 Å². The van der Waals surface area contributed by atoms with Gasteiger partial charge >= 0.3 is 0 Å². The lowest BCUT2D eigenvalue weighted by Gasteiger charge is -2.00. The van der Waals surface area contributed by atoms with Crippen LogP contribution in [0.1, 0.15) is 5.76 Å². The number of furan rings is 1. The SMILES string of the molecule is N#CC(C#N)=c1sc(=Cc2ccc(-c3ccc(Br)cc3[N+](=O)[O-])o2)c(=O)n1-c1ccccc1. The summed E-state index contributed by atoms with van der Waals surface area (Å²) in [6.45, 7) is 0. The van der Waals surface area contributed by atoms with E-state index in [2.05, 4.69) is 15.9 Å². The lowest BCUT2D eigenvalue weighted by Crippen LogP contribution is -2.30. The summed E-state index contributed by atoms with van der Waals surface area (Å²) in [5.74, 6) is 0.560. The van der Waals surface area contributed by atoms with Gasteiger partial charge in [-0.05, 0) is 36.4 Å². The van der Waals surface area contributed by atoms with Crippen LogP contribution in [0.2, 0.25) is 0 Å². The summed E-state index contributed by atoms with van der Waals surface area (Å²) in [7, 11) is 0. The number of nitro groups is 1. The fraction of sp³-hybridized carbons (Fsp3) is 0. The van der Waals surface area contributed by atoms with Crippen LogP contribution in [-0.2, 0) is 0 Å². The van der Waals surface area contributed by atoms with Crippen molar-refractivity contribution in [2.75, 3.05) is 0 Å². The molecule has 0 aliphatic carbocycles. The molecule has 0 fully saturated rings. The van der Waals surface area contributed by atoms with E-state index in [1.165, 1.54) is 16.7 Å². The lowest BCUT2D eigenvalue weighted by molar-refractivity contribution is -0.384. The first-order valence-corrected chi connectivity index (χ1v) is 10.9. The van der Waals surface area contributed by atoms with Crippen LogP contribution in [0.15, 0.2) is 74.3 Å². The van der Waals surface area contributed by atoms with Gasteiger partial charge in [0.25, 0.3) is 11.2 Å². The maximum Gasteiger partial charge on any atom is 0.281 e. The van der Waals surface area contributed by atoms with E-state index in [-0.39, 0.29) is 26.2 Å². The van der Waals surface area contributed by atoms with Crippen LogP contribution in [-0.4, -0.2) is 9.49 Å². The Hall–Kier alpha value is -4.25. The molecule has 2 heterocycles. The number of rotatable bonds is 4. The molecule has 0 amide bonds. The number of hydrogen-bond donors (Lipinski definition) is 0. The molecule has 0 N–H and O–H groups in total. The molecule has 33 heavy (non-hydrogen) atoms. The van der Waals surface area contributed by atoms with Gasteiger partial charge in [-0.3, -0.25) is 19.5 Å². The highest BCUT2D eigenvalue weighted by Gasteiger charge is 2.19. The maximum atomic E-state index is 13.2. The molecule has 2 aromatic carbocycles. The Morgan fingerprint density at radius 2 is 1.85 bits per heavy atom. The van der Waals surface area contributed by atoms with E-state index in [0.717, 1.165) is 11.3 Å². The van der Waals surface area contributed by atoms with E-state index < -0.39 is 10.5 Å². The van der Waals surface area contributed by atoms with Gasteiger partial charge in [-0.1, -0.05) is 34.1 Å². The molecule has 0 unspecified atom stereocenters. The predicted octanol–water partition coefficient (Wildman–Crippen LogP) is 3.86. The molecular formula is C23H11BrN4O4S. The van der Waals surface area contributed by atoms with Crippen LogP contribution in [0.5, 0.6) is 0 Å². The van der Waals surface area contributed by atoms with Gasteiger partial charge in [0.05, 0.1) is 20.7 Å². The van der Waals surface area contributed by atoms with E-state index in [1.807, 2.05) is 12.1 Å². The second-order valence-electron chi connectivity index (χ2n) is 6.61. The largest absolute Gasteiger partial charge is 0.456 e. The van der Waals surface area contributed by atoms with Crippen molar-refractivity contribution < 1.29 is 9.34 Å². The summed E-state index contributed by atoms with van der Waals surface area (Å²) in [5.41, 5.74) is 0.0726. The quantitative estimate of drug-likeness (QED) is 0.298. The number of nitriles is 2. The molecule has 4 rings (SSSR count). The van der Waals surface area contributed by atoms with Gasteiger partial charge in [0, 0.05) is 16.6 Å². The van der Waals surface area contributed by atoms with Crippen molar-refractivity contribution >= 4 is 44.6 Å². The summed E-state index contributed by atoms with van der Waals surface area (Å²) in [4.78, 5) is 24.1. The van der Waals surface area contributed by atoms with Crippen molar-refractivity contribution in [2.24, 2.45) is 0 Å². The van der Waals surface area contributed by atoms with Crippen molar-refractivity contribution in [3.8, 4) is 29.1 Å². The first-order valence-electron chi connectivity index (χ1n) is 9.30. The third kappa shape index (κ3) is 4.26. The molecule has 0 bridgehead atoms. The van der Waals surface area contributed by atoms with Gasteiger partial charge in [0.1, 0.15) is 28.3 Å². The second kappa shape index (κ2) is 9.09. The van der Waals surface area contributed by atoms with Gasteiger partial charge in [0.2, 0.25) is 0 Å². The van der Waals surface area contributed by atoms with Gasteiger partial charge in [-0.2, -0.15) is 10.5 Å².